The van der Waals surface area contributed by atoms with Gasteiger partial charge in [0.25, 0.3) is 0 Å². The lowest BCUT2D eigenvalue weighted by Gasteiger charge is -2.15. The van der Waals surface area contributed by atoms with E-state index < -0.39 is 7.75 Å². The molecule has 0 N–H and O–H groups in total. The average Bonchev–Trinajstić information content (AvgIpc) is 2.32. The van der Waals surface area contributed by atoms with Crippen LogP contribution < -0.4 is 4.52 Å². The first-order valence-corrected chi connectivity index (χ1v) is 7.23. The van der Waals surface area contributed by atoms with Crippen LogP contribution in [0.1, 0.15) is 25.8 Å². The zero-order chi connectivity index (χ0) is 13.4. The molecule has 1 rings (SSSR count). The summed E-state index contributed by atoms with van der Waals surface area (Å²) in [6.45, 7) is 3.83. The van der Waals surface area contributed by atoms with Crippen molar-refractivity contribution >= 4 is 7.75 Å². The fraction of sp³-hybridized carbons (Fsp3) is 0.455. The van der Waals surface area contributed by atoms with Crippen molar-refractivity contribution in [3.8, 4) is 5.75 Å². The van der Waals surface area contributed by atoms with Gasteiger partial charge in [-0.3, -0.25) is 4.52 Å². The first-order chi connectivity index (χ1) is 8.65. The SMILES string of the molecule is CCCc1ccccc1OP(=O)(N=[N+]=[N-])OCC. The maximum Gasteiger partial charge on any atom is 0.470 e. The van der Waals surface area contributed by atoms with E-state index in [9.17, 15) is 4.57 Å². The average molecular weight is 269 g/mol. The molecule has 6 nitrogen and oxygen atoms in total. The second-order valence-electron chi connectivity index (χ2n) is 3.51. The first kappa shape index (κ1) is 14.6. The zero-order valence-corrected chi connectivity index (χ0v) is 11.3. The fourth-order valence-electron chi connectivity index (χ4n) is 1.48. The highest BCUT2D eigenvalue weighted by Crippen LogP contribution is 2.50. The van der Waals surface area contributed by atoms with Gasteiger partial charge in [-0.15, -0.1) is 0 Å². The fourth-order valence-corrected chi connectivity index (χ4v) is 2.47. The van der Waals surface area contributed by atoms with Crippen molar-refractivity contribution in [2.45, 2.75) is 26.7 Å². The van der Waals surface area contributed by atoms with E-state index >= 15 is 0 Å². The Morgan fingerprint density at radius 3 is 2.72 bits per heavy atom. The molecule has 1 atom stereocenters. The van der Waals surface area contributed by atoms with Crippen LogP contribution in [-0.2, 0) is 15.5 Å². The molecule has 0 aliphatic heterocycles. The molecule has 0 bridgehead atoms. The topological polar surface area (TPSA) is 84.3 Å². The van der Waals surface area contributed by atoms with Crippen molar-refractivity contribution in [1.29, 1.82) is 0 Å². The molecule has 0 aliphatic rings. The number of rotatable bonds is 7. The third-order valence-corrected chi connectivity index (χ3v) is 3.46. The van der Waals surface area contributed by atoms with Crippen LogP contribution in [-0.4, -0.2) is 6.61 Å². The van der Waals surface area contributed by atoms with E-state index in [4.69, 9.17) is 14.6 Å². The maximum atomic E-state index is 12.1. The predicted molar refractivity (Wildman–Crippen MR) is 69.4 cm³/mol. The van der Waals surface area contributed by atoms with Crippen molar-refractivity contribution in [3.63, 3.8) is 0 Å². The van der Waals surface area contributed by atoms with Gasteiger partial charge in [-0.05, 0) is 30.5 Å². The molecular weight excluding hydrogens is 253 g/mol. The lowest BCUT2D eigenvalue weighted by molar-refractivity contribution is 0.279. The number of aryl methyl sites for hydroxylation is 1. The van der Waals surface area contributed by atoms with Crippen LogP contribution in [0.5, 0.6) is 5.75 Å². The Morgan fingerprint density at radius 1 is 1.39 bits per heavy atom. The van der Waals surface area contributed by atoms with Crippen molar-refractivity contribution < 1.29 is 13.6 Å². The molecule has 18 heavy (non-hydrogen) atoms. The number of benzene rings is 1. The summed E-state index contributed by atoms with van der Waals surface area (Å²) in [5, 5.41) is 0. The Hall–Kier alpha value is -1.48. The first-order valence-electron chi connectivity index (χ1n) is 5.74. The van der Waals surface area contributed by atoms with E-state index in [0.717, 1.165) is 18.4 Å². The van der Waals surface area contributed by atoms with Crippen LogP contribution >= 0.6 is 7.75 Å². The third kappa shape index (κ3) is 4.08. The highest BCUT2D eigenvalue weighted by Gasteiger charge is 2.25. The third-order valence-electron chi connectivity index (χ3n) is 2.15. The highest BCUT2D eigenvalue weighted by atomic mass is 31.2. The van der Waals surface area contributed by atoms with E-state index in [1.54, 1.807) is 19.1 Å². The molecule has 1 unspecified atom stereocenters. The molecule has 1 aromatic rings. The van der Waals surface area contributed by atoms with Gasteiger partial charge < -0.3 is 4.52 Å². The van der Waals surface area contributed by atoms with Crippen molar-refractivity contribution in [1.82, 2.24) is 0 Å². The maximum absolute atomic E-state index is 12.1. The van der Waals surface area contributed by atoms with Gasteiger partial charge in [-0.25, -0.2) is 4.57 Å². The van der Waals surface area contributed by atoms with Gasteiger partial charge >= 0.3 is 7.75 Å². The molecule has 7 heteroatoms. The molecule has 98 valence electrons. The predicted octanol–water partition coefficient (Wildman–Crippen LogP) is 4.47. The Balaban J connectivity index is 3.00. The lowest BCUT2D eigenvalue weighted by Crippen LogP contribution is -1.98. The molecule has 0 amide bonds. The van der Waals surface area contributed by atoms with Crippen LogP contribution in [0.2, 0.25) is 0 Å². The molecule has 0 saturated heterocycles. The second kappa shape index (κ2) is 7.07. The molecule has 0 aromatic heterocycles. The van der Waals surface area contributed by atoms with Crippen LogP contribution in [0.3, 0.4) is 0 Å². The monoisotopic (exact) mass is 269 g/mol. The van der Waals surface area contributed by atoms with E-state index in [1.807, 2.05) is 19.1 Å². The van der Waals surface area contributed by atoms with E-state index in [0.29, 0.717) is 5.75 Å². The number of hydrogen-bond donors (Lipinski definition) is 0. The van der Waals surface area contributed by atoms with E-state index in [2.05, 4.69) is 9.80 Å². The van der Waals surface area contributed by atoms with Gasteiger partial charge in [-0.1, -0.05) is 31.5 Å². The molecular formula is C11H16N3O3P. The minimum Gasteiger partial charge on any atom is -0.420 e. The van der Waals surface area contributed by atoms with Gasteiger partial charge in [0, 0.05) is 9.80 Å². The Kier molecular flexibility index (Phi) is 5.72. The summed E-state index contributed by atoms with van der Waals surface area (Å²) < 4.78 is 22.3. The van der Waals surface area contributed by atoms with E-state index in [-0.39, 0.29) is 6.61 Å². The minimum absolute atomic E-state index is 0.145. The standard InChI is InChI=1S/C11H16N3O3P/c1-3-7-10-8-5-6-9-11(10)17-18(15,14-13-12)16-4-2/h5-6,8-9H,3-4,7H2,1-2H3. The largest absolute Gasteiger partial charge is 0.470 e. The lowest BCUT2D eigenvalue weighted by atomic mass is 10.1. The van der Waals surface area contributed by atoms with Gasteiger partial charge in [0.1, 0.15) is 5.75 Å². The van der Waals surface area contributed by atoms with Crippen molar-refractivity contribution in [3.05, 3.63) is 40.3 Å². The summed E-state index contributed by atoms with van der Waals surface area (Å²) in [6.07, 6.45) is 1.72. The summed E-state index contributed by atoms with van der Waals surface area (Å²) in [5.41, 5.74) is 9.32. The van der Waals surface area contributed by atoms with Gasteiger partial charge in [0.05, 0.1) is 6.61 Å². The summed E-state index contributed by atoms with van der Waals surface area (Å²) in [7, 11) is -3.78. The minimum atomic E-state index is -3.78. The van der Waals surface area contributed by atoms with Crippen LogP contribution in [0, 0.1) is 0 Å². The summed E-state index contributed by atoms with van der Waals surface area (Å²) in [5.74, 6) is 0.434. The summed E-state index contributed by atoms with van der Waals surface area (Å²) in [6, 6.07) is 7.20. The molecule has 0 spiro atoms. The molecule has 0 aliphatic carbocycles. The van der Waals surface area contributed by atoms with E-state index in [1.165, 1.54) is 0 Å². The van der Waals surface area contributed by atoms with Crippen LogP contribution in [0.15, 0.2) is 29.2 Å². The molecule has 0 saturated carbocycles. The summed E-state index contributed by atoms with van der Waals surface area (Å²) in [4.78, 5) is 5.64. The number of para-hydroxylation sites is 1. The Bertz CT molecular complexity index is 486. The van der Waals surface area contributed by atoms with Crippen LogP contribution in [0.25, 0.3) is 10.4 Å². The smallest absolute Gasteiger partial charge is 0.420 e. The number of azide groups is 1. The van der Waals surface area contributed by atoms with Gasteiger partial charge in [0.15, 0.2) is 0 Å². The zero-order valence-electron chi connectivity index (χ0n) is 10.4. The summed E-state index contributed by atoms with van der Waals surface area (Å²) >= 11 is 0. The van der Waals surface area contributed by atoms with Crippen LogP contribution in [0.4, 0.5) is 0 Å². The Morgan fingerprint density at radius 2 is 2.11 bits per heavy atom. The van der Waals surface area contributed by atoms with Gasteiger partial charge in [0.2, 0.25) is 0 Å². The quantitative estimate of drug-likeness (QED) is 0.316. The number of nitrogens with zero attached hydrogens (tertiary/aromatic N) is 3. The number of hydrogen-bond acceptors (Lipinski definition) is 3. The Labute approximate surface area is 106 Å². The molecule has 0 fully saturated rings. The second-order valence-corrected chi connectivity index (χ2v) is 5.07. The van der Waals surface area contributed by atoms with Crippen molar-refractivity contribution in [2.24, 2.45) is 4.88 Å². The van der Waals surface area contributed by atoms with Crippen molar-refractivity contribution in [2.75, 3.05) is 6.61 Å². The molecule has 1 aromatic carbocycles. The molecule has 0 heterocycles. The molecule has 0 radical (unpaired) electrons. The van der Waals surface area contributed by atoms with Gasteiger partial charge in [-0.2, -0.15) is 0 Å². The highest BCUT2D eigenvalue weighted by molar-refractivity contribution is 7.52. The normalized spacial score (nSPS) is 13.4.